The van der Waals surface area contributed by atoms with Crippen LogP contribution in [0.5, 0.6) is 0 Å². The van der Waals surface area contributed by atoms with Crippen molar-refractivity contribution in [1.82, 2.24) is 4.72 Å². The van der Waals surface area contributed by atoms with Gasteiger partial charge in [-0.2, -0.15) is 0 Å². The van der Waals surface area contributed by atoms with Crippen molar-refractivity contribution < 1.29 is 17.9 Å². The Balaban J connectivity index is 1.88. The molecule has 0 amide bonds. The third kappa shape index (κ3) is 2.58. The molecule has 126 valence electrons. The van der Waals surface area contributed by atoms with E-state index in [0.29, 0.717) is 5.92 Å². The van der Waals surface area contributed by atoms with Gasteiger partial charge in [0.2, 0.25) is 10.0 Å². The molecule has 0 aromatic heterocycles. The van der Waals surface area contributed by atoms with Gasteiger partial charge in [0.05, 0.1) is 12.2 Å². The molecule has 2 saturated carbocycles. The fraction of sp³-hybridized carbons (Fsp3) is 0.938. The number of sulfonamides is 1. The van der Waals surface area contributed by atoms with Gasteiger partial charge < -0.3 is 4.74 Å². The summed E-state index contributed by atoms with van der Waals surface area (Å²) < 4.78 is 31.8. The predicted octanol–water partition coefficient (Wildman–Crippen LogP) is 1.93. The zero-order valence-electron chi connectivity index (χ0n) is 13.8. The van der Waals surface area contributed by atoms with E-state index < -0.39 is 10.0 Å². The maximum atomic E-state index is 12.0. The minimum absolute atomic E-state index is 0.0232. The van der Waals surface area contributed by atoms with Gasteiger partial charge in [-0.3, -0.25) is 4.79 Å². The SMILES string of the molecule is CC1C(=O)OC2C1CCC1(C)CCC(NS(C)(=O)=O)C(C)C21. The first-order valence-corrected chi connectivity index (χ1v) is 10.2. The normalized spacial score (nSPS) is 48.5. The van der Waals surface area contributed by atoms with E-state index in [2.05, 4.69) is 18.6 Å². The fourth-order valence-electron chi connectivity index (χ4n) is 5.27. The lowest BCUT2D eigenvalue weighted by molar-refractivity contribution is -0.153. The van der Waals surface area contributed by atoms with Crippen LogP contribution in [0.3, 0.4) is 0 Å². The Morgan fingerprint density at radius 1 is 1.23 bits per heavy atom. The molecule has 6 heteroatoms. The highest BCUT2D eigenvalue weighted by Crippen LogP contribution is 2.57. The second kappa shape index (κ2) is 5.20. The number of carbonyl (C=O) groups excluding carboxylic acids is 1. The van der Waals surface area contributed by atoms with Gasteiger partial charge in [0.1, 0.15) is 6.10 Å². The molecule has 3 fully saturated rings. The summed E-state index contributed by atoms with van der Waals surface area (Å²) in [4.78, 5) is 12.0. The van der Waals surface area contributed by atoms with Gasteiger partial charge in [0.15, 0.2) is 0 Å². The average Bonchev–Trinajstić information content (AvgIpc) is 2.67. The van der Waals surface area contributed by atoms with E-state index in [9.17, 15) is 13.2 Å². The molecule has 0 bridgehead atoms. The number of nitrogens with one attached hydrogen (secondary N) is 1. The molecule has 7 unspecified atom stereocenters. The largest absolute Gasteiger partial charge is 0.462 e. The lowest BCUT2D eigenvalue weighted by atomic mass is 9.52. The number of hydrogen-bond acceptors (Lipinski definition) is 4. The van der Waals surface area contributed by atoms with Crippen LogP contribution >= 0.6 is 0 Å². The van der Waals surface area contributed by atoms with Crippen LogP contribution in [0, 0.1) is 29.1 Å². The standard InChI is InChI=1S/C16H27NO4S/c1-9-11-5-7-16(3)8-6-12(17-22(4,19)20)10(2)13(16)14(11)21-15(9)18/h9-14,17H,5-8H2,1-4H3. The minimum atomic E-state index is -3.22. The van der Waals surface area contributed by atoms with Gasteiger partial charge >= 0.3 is 5.97 Å². The van der Waals surface area contributed by atoms with Crippen LogP contribution in [-0.4, -0.2) is 32.8 Å². The molecule has 1 heterocycles. The zero-order chi connectivity index (χ0) is 16.3. The number of carbonyl (C=O) groups is 1. The van der Waals surface area contributed by atoms with Gasteiger partial charge in [-0.25, -0.2) is 13.1 Å². The van der Waals surface area contributed by atoms with Crippen molar-refractivity contribution in [3.05, 3.63) is 0 Å². The Labute approximate surface area is 133 Å². The lowest BCUT2D eigenvalue weighted by Gasteiger charge is -2.54. The number of fused-ring (bicyclic) bond motifs is 3. The molecular formula is C16H27NO4S. The summed E-state index contributed by atoms with van der Waals surface area (Å²) in [5.74, 6) is 0.618. The van der Waals surface area contributed by atoms with Gasteiger partial charge in [0.25, 0.3) is 0 Å². The Bertz CT molecular complexity index is 575. The Morgan fingerprint density at radius 2 is 1.86 bits per heavy atom. The molecule has 0 spiro atoms. The summed E-state index contributed by atoms with van der Waals surface area (Å²) in [6, 6.07) is -0.0542. The fourth-order valence-corrected chi connectivity index (χ4v) is 6.15. The van der Waals surface area contributed by atoms with Crippen LogP contribution in [0.25, 0.3) is 0 Å². The zero-order valence-corrected chi connectivity index (χ0v) is 14.7. The van der Waals surface area contributed by atoms with E-state index in [4.69, 9.17) is 4.74 Å². The molecule has 2 aliphatic carbocycles. The van der Waals surface area contributed by atoms with Crippen molar-refractivity contribution in [3.8, 4) is 0 Å². The summed E-state index contributed by atoms with van der Waals surface area (Å²) in [7, 11) is -3.22. The third-order valence-electron chi connectivity index (χ3n) is 6.49. The molecule has 3 aliphatic rings. The molecule has 0 aromatic rings. The van der Waals surface area contributed by atoms with E-state index in [1.165, 1.54) is 6.26 Å². The highest BCUT2D eigenvalue weighted by atomic mass is 32.2. The van der Waals surface area contributed by atoms with E-state index in [1.807, 2.05) is 6.92 Å². The summed E-state index contributed by atoms with van der Waals surface area (Å²) in [5, 5.41) is 0. The van der Waals surface area contributed by atoms with Crippen LogP contribution in [0.15, 0.2) is 0 Å². The van der Waals surface area contributed by atoms with Gasteiger partial charge in [-0.15, -0.1) is 0 Å². The third-order valence-corrected chi connectivity index (χ3v) is 7.22. The molecule has 0 aromatic carbocycles. The Morgan fingerprint density at radius 3 is 2.50 bits per heavy atom. The van der Waals surface area contributed by atoms with E-state index in [-0.39, 0.29) is 41.3 Å². The molecule has 3 rings (SSSR count). The minimum Gasteiger partial charge on any atom is -0.462 e. The maximum absolute atomic E-state index is 12.0. The van der Waals surface area contributed by atoms with Gasteiger partial charge in [-0.05, 0) is 37.0 Å². The van der Waals surface area contributed by atoms with Crippen LogP contribution in [0.1, 0.15) is 46.5 Å². The van der Waals surface area contributed by atoms with E-state index >= 15 is 0 Å². The summed E-state index contributed by atoms with van der Waals surface area (Å²) in [5.41, 5.74) is 0.153. The van der Waals surface area contributed by atoms with Crippen molar-refractivity contribution in [1.29, 1.82) is 0 Å². The summed E-state index contributed by atoms with van der Waals surface area (Å²) in [6.45, 7) is 6.37. The van der Waals surface area contributed by atoms with E-state index in [1.54, 1.807) is 0 Å². The molecule has 5 nitrogen and oxygen atoms in total. The maximum Gasteiger partial charge on any atom is 0.309 e. The first kappa shape index (κ1) is 16.2. The number of esters is 1. The first-order chi connectivity index (χ1) is 10.1. The van der Waals surface area contributed by atoms with Crippen molar-refractivity contribution in [2.24, 2.45) is 29.1 Å². The second-order valence-corrected chi connectivity index (χ2v) is 9.75. The molecule has 0 radical (unpaired) electrons. The number of ether oxygens (including phenoxy) is 1. The van der Waals surface area contributed by atoms with E-state index in [0.717, 1.165) is 25.7 Å². The smallest absolute Gasteiger partial charge is 0.309 e. The van der Waals surface area contributed by atoms with Crippen LogP contribution < -0.4 is 4.72 Å². The number of hydrogen-bond donors (Lipinski definition) is 1. The van der Waals surface area contributed by atoms with Crippen molar-refractivity contribution in [2.75, 3.05) is 6.26 Å². The molecule has 1 aliphatic heterocycles. The van der Waals surface area contributed by atoms with Gasteiger partial charge in [0, 0.05) is 17.9 Å². The monoisotopic (exact) mass is 329 g/mol. The lowest BCUT2D eigenvalue weighted by Crippen LogP contribution is -2.56. The highest BCUT2D eigenvalue weighted by Gasteiger charge is 2.58. The molecule has 22 heavy (non-hydrogen) atoms. The Kier molecular flexibility index (Phi) is 3.84. The molecular weight excluding hydrogens is 302 g/mol. The molecule has 7 atom stereocenters. The average molecular weight is 329 g/mol. The molecule has 1 saturated heterocycles. The van der Waals surface area contributed by atoms with Crippen LogP contribution in [0.2, 0.25) is 0 Å². The quantitative estimate of drug-likeness (QED) is 0.786. The summed E-state index contributed by atoms with van der Waals surface area (Å²) in [6.07, 6.45) is 5.18. The van der Waals surface area contributed by atoms with Crippen molar-refractivity contribution >= 4 is 16.0 Å². The number of rotatable bonds is 2. The van der Waals surface area contributed by atoms with Crippen molar-refractivity contribution in [3.63, 3.8) is 0 Å². The second-order valence-electron chi connectivity index (χ2n) is 7.97. The highest BCUT2D eigenvalue weighted by molar-refractivity contribution is 7.88. The first-order valence-electron chi connectivity index (χ1n) is 8.30. The van der Waals surface area contributed by atoms with Crippen LogP contribution in [-0.2, 0) is 19.6 Å². The topological polar surface area (TPSA) is 72.5 Å². The van der Waals surface area contributed by atoms with Crippen LogP contribution in [0.4, 0.5) is 0 Å². The predicted molar refractivity (Wildman–Crippen MR) is 83.5 cm³/mol. The van der Waals surface area contributed by atoms with Crippen molar-refractivity contribution in [2.45, 2.75) is 58.6 Å². The molecule has 1 N–H and O–H groups in total. The summed E-state index contributed by atoms with van der Waals surface area (Å²) >= 11 is 0. The van der Waals surface area contributed by atoms with Gasteiger partial charge in [-0.1, -0.05) is 20.8 Å². The Hall–Kier alpha value is -0.620.